The Morgan fingerprint density at radius 3 is 2.74 bits per heavy atom. The molecule has 1 saturated heterocycles. The number of carbonyl (C=O) groups is 1. The van der Waals surface area contributed by atoms with Crippen LogP contribution in [-0.2, 0) is 16.1 Å². The first-order valence-electron chi connectivity index (χ1n) is 7.73. The van der Waals surface area contributed by atoms with Crippen LogP contribution in [-0.4, -0.2) is 45.9 Å². The zero-order valence-electron chi connectivity index (χ0n) is 13.3. The van der Waals surface area contributed by atoms with Gasteiger partial charge in [-0.15, -0.1) is 0 Å². The van der Waals surface area contributed by atoms with E-state index < -0.39 is 0 Å². The van der Waals surface area contributed by atoms with E-state index in [1.165, 1.54) is 0 Å². The summed E-state index contributed by atoms with van der Waals surface area (Å²) in [5.74, 6) is 0.0795. The zero-order chi connectivity index (χ0) is 16.4. The third-order valence-electron chi connectivity index (χ3n) is 3.86. The number of hydrogen-bond donors (Lipinski definition) is 0. The summed E-state index contributed by atoms with van der Waals surface area (Å²) >= 11 is 3.47. The average molecular weight is 378 g/mol. The Labute approximate surface area is 144 Å². The van der Waals surface area contributed by atoms with Crippen molar-refractivity contribution < 1.29 is 9.53 Å². The van der Waals surface area contributed by atoms with Crippen LogP contribution in [0.2, 0.25) is 0 Å². The molecule has 3 rings (SSSR count). The summed E-state index contributed by atoms with van der Waals surface area (Å²) in [6.45, 7) is 5.53. The molecular weight excluding hydrogens is 358 g/mol. The lowest BCUT2D eigenvalue weighted by Gasteiger charge is -2.35. The molecule has 0 spiro atoms. The van der Waals surface area contributed by atoms with Gasteiger partial charge in [0, 0.05) is 29.3 Å². The van der Waals surface area contributed by atoms with Crippen molar-refractivity contribution >= 4 is 21.8 Å². The highest BCUT2D eigenvalue weighted by molar-refractivity contribution is 9.10. The normalized spacial score (nSPS) is 21.4. The van der Waals surface area contributed by atoms with Gasteiger partial charge >= 0.3 is 0 Å². The summed E-state index contributed by atoms with van der Waals surface area (Å²) in [6, 6.07) is 8.03. The molecule has 0 bridgehead atoms. The minimum atomic E-state index is 0.0795. The SMILES string of the molecule is CC1CN(C(=O)Cn2cc(-c3cccc(Br)c3)cn2)CC(C)O1. The molecule has 0 aliphatic carbocycles. The highest BCUT2D eigenvalue weighted by atomic mass is 79.9. The van der Waals surface area contributed by atoms with Crippen molar-refractivity contribution in [2.45, 2.75) is 32.6 Å². The van der Waals surface area contributed by atoms with E-state index in [4.69, 9.17) is 4.74 Å². The van der Waals surface area contributed by atoms with Crippen LogP contribution in [0, 0.1) is 0 Å². The van der Waals surface area contributed by atoms with Gasteiger partial charge in [0.2, 0.25) is 5.91 Å². The van der Waals surface area contributed by atoms with Gasteiger partial charge in [-0.3, -0.25) is 9.48 Å². The van der Waals surface area contributed by atoms with Crippen LogP contribution in [0.25, 0.3) is 11.1 Å². The van der Waals surface area contributed by atoms with Crippen molar-refractivity contribution in [3.63, 3.8) is 0 Å². The minimum Gasteiger partial charge on any atom is -0.372 e. The second-order valence-electron chi connectivity index (χ2n) is 5.99. The fourth-order valence-corrected chi connectivity index (χ4v) is 3.29. The highest BCUT2D eigenvalue weighted by Crippen LogP contribution is 2.22. The Morgan fingerprint density at radius 1 is 1.30 bits per heavy atom. The molecule has 2 unspecified atom stereocenters. The van der Waals surface area contributed by atoms with E-state index in [1.807, 2.05) is 49.2 Å². The first-order valence-corrected chi connectivity index (χ1v) is 8.52. The summed E-state index contributed by atoms with van der Waals surface area (Å²) in [5, 5.41) is 4.32. The first-order chi connectivity index (χ1) is 11.0. The van der Waals surface area contributed by atoms with Gasteiger partial charge in [-0.05, 0) is 31.5 Å². The number of amides is 1. The molecule has 122 valence electrons. The summed E-state index contributed by atoms with van der Waals surface area (Å²) in [6.07, 6.45) is 3.86. The Hall–Kier alpha value is -1.66. The molecule has 0 radical (unpaired) electrons. The van der Waals surface area contributed by atoms with Gasteiger partial charge in [-0.25, -0.2) is 0 Å². The molecule has 1 amide bonds. The van der Waals surface area contributed by atoms with Crippen molar-refractivity contribution in [1.82, 2.24) is 14.7 Å². The van der Waals surface area contributed by atoms with Crippen LogP contribution in [0.3, 0.4) is 0 Å². The quantitative estimate of drug-likeness (QED) is 0.825. The van der Waals surface area contributed by atoms with Gasteiger partial charge in [0.15, 0.2) is 0 Å². The fraction of sp³-hybridized carbons (Fsp3) is 0.412. The van der Waals surface area contributed by atoms with E-state index in [0.29, 0.717) is 13.1 Å². The van der Waals surface area contributed by atoms with Crippen molar-refractivity contribution in [3.8, 4) is 11.1 Å². The minimum absolute atomic E-state index is 0.0795. The van der Waals surface area contributed by atoms with Crippen molar-refractivity contribution in [1.29, 1.82) is 0 Å². The number of morpholine rings is 1. The van der Waals surface area contributed by atoms with Crippen molar-refractivity contribution in [3.05, 3.63) is 41.1 Å². The molecule has 0 N–H and O–H groups in total. The van der Waals surface area contributed by atoms with Crippen LogP contribution in [0.5, 0.6) is 0 Å². The predicted octanol–water partition coefficient (Wildman–Crippen LogP) is 2.95. The Kier molecular flexibility index (Phi) is 4.82. The van der Waals surface area contributed by atoms with E-state index in [0.717, 1.165) is 15.6 Å². The summed E-state index contributed by atoms with van der Waals surface area (Å²) in [4.78, 5) is 14.3. The molecule has 1 aliphatic heterocycles. The molecule has 2 heterocycles. The van der Waals surface area contributed by atoms with Crippen LogP contribution < -0.4 is 0 Å². The number of benzene rings is 1. The molecule has 1 aliphatic rings. The molecule has 1 aromatic heterocycles. The van der Waals surface area contributed by atoms with Crippen molar-refractivity contribution in [2.75, 3.05) is 13.1 Å². The van der Waals surface area contributed by atoms with Crippen LogP contribution >= 0.6 is 15.9 Å². The maximum atomic E-state index is 12.5. The van der Waals surface area contributed by atoms with E-state index in [9.17, 15) is 4.79 Å². The van der Waals surface area contributed by atoms with Crippen molar-refractivity contribution in [2.24, 2.45) is 0 Å². The van der Waals surface area contributed by atoms with Crippen LogP contribution in [0.1, 0.15) is 13.8 Å². The van der Waals surface area contributed by atoms with E-state index in [-0.39, 0.29) is 24.7 Å². The first kappa shape index (κ1) is 16.2. The number of carbonyl (C=O) groups excluding carboxylic acids is 1. The third kappa shape index (κ3) is 4.00. The zero-order valence-corrected chi connectivity index (χ0v) is 14.9. The smallest absolute Gasteiger partial charge is 0.244 e. The second-order valence-corrected chi connectivity index (χ2v) is 6.91. The summed E-state index contributed by atoms with van der Waals surface area (Å²) < 4.78 is 8.39. The standard InChI is InChI=1S/C17H20BrN3O2/c1-12-8-20(9-13(2)23-12)17(22)11-21-10-15(7-19-21)14-4-3-5-16(18)6-14/h3-7,10,12-13H,8-9,11H2,1-2H3. The molecule has 2 aromatic rings. The maximum absolute atomic E-state index is 12.5. The highest BCUT2D eigenvalue weighted by Gasteiger charge is 2.25. The summed E-state index contributed by atoms with van der Waals surface area (Å²) in [5.41, 5.74) is 2.08. The Balaban J connectivity index is 1.68. The largest absolute Gasteiger partial charge is 0.372 e. The van der Waals surface area contributed by atoms with E-state index in [2.05, 4.69) is 21.0 Å². The summed E-state index contributed by atoms with van der Waals surface area (Å²) in [7, 11) is 0. The number of rotatable bonds is 3. The van der Waals surface area contributed by atoms with Gasteiger partial charge in [-0.2, -0.15) is 5.10 Å². The Morgan fingerprint density at radius 2 is 2.04 bits per heavy atom. The molecule has 0 saturated carbocycles. The van der Waals surface area contributed by atoms with E-state index in [1.54, 1.807) is 10.9 Å². The fourth-order valence-electron chi connectivity index (χ4n) is 2.89. The lowest BCUT2D eigenvalue weighted by Crippen LogP contribution is -2.49. The molecule has 2 atom stereocenters. The van der Waals surface area contributed by atoms with Gasteiger partial charge in [0.1, 0.15) is 6.54 Å². The van der Waals surface area contributed by atoms with Crippen LogP contribution in [0.4, 0.5) is 0 Å². The number of hydrogen-bond acceptors (Lipinski definition) is 3. The molecular formula is C17H20BrN3O2. The number of aromatic nitrogens is 2. The van der Waals surface area contributed by atoms with Gasteiger partial charge in [0.05, 0.1) is 18.4 Å². The third-order valence-corrected chi connectivity index (χ3v) is 4.35. The lowest BCUT2D eigenvalue weighted by atomic mass is 10.1. The second kappa shape index (κ2) is 6.84. The predicted molar refractivity (Wildman–Crippen MR) is 92.0 cm³/mol. The molecule has 23 heavy (non-hydrogen) atoms. The van der Waals surface area contributed by atoms with Gasteiger partial charge in [0.25, 0.3) is 0 Å². The number of ether oxygens (including phenoxy) is 1. The lowest BCUT2D eigenvalue weighted by molar-refractivity contribution is -0.144. The molecule has 6 heteroatoms. The van der Waals surface area contributed by atoms with E-state index >= 15 is 0 Å². The van der Waals surface area contributed by atoms with Gasteiger partial charge < -0.3 is 9.64 Å². The maximum Gasteiger partial charge on any atom is 0.244 e. The average Bonchev–Trinajstić information content (AvgIpc) is 2.95. The molecule has 5 nitrogen and oxygen atoms in total. The monoisotopic (exact) mass is 377 g/mol. The number of nitrogens with zero attached hydrogens (tertiary/aromatic N) is 3. The van der Waals surface area contributed by atoms with Crippen LogP contribution in [0.15, 0.2) is 41.1 Å². The van der Waals surface area contributed by atoms with Gasteiger partial charge in [-0.1, -0.05) is 28.1 Å². The number of halogens is 1. The molecule has 1 aromatic carbocycles. The topological polar surface area (TPSA) is 47.4 Å². The molecule has 1 fully saturated rings. The Bertz CT molecular complexity index is 691.